The molecule has 0 aliphatic carbocycles. The molecule has 0 saturated carbocycles. The fourth-order valence-electron chi connectivity index (χ4n) is 4.43. The van der Waals surface area contributed by atoms with Gasteiger partial charge in [0.2, 0.25) is 5.95 Å². The summed E-state index contributed by atoms with van der Waals surface area (Å²) in [5, 5.41) is 10.8. The number of nitrogen functional groups attached to an aromatic ring is 1. The number of hydrogen-bond acceptors (Lipinski definition) is 6. The normalized spacial score (nSPS) is 15.3. The molecule has 0 unspecified atom stereocenters. The Balaban J connectivity index is 1.50. The molecule has 0 radical (unpaired) electrons. The number of aromatic amines is 1. The van der Waals surface area contributed by atoms with Gasteiger partial charge in [0.05, 0.1) is 0 Å². The predicted octanol–water partition coefficient (Wildman–Crippen LogP) is 4.32. The van der Waals surface area contributed by atoms with Crippen LogP contribution in [0.15, 0.2) is 42.5 Å². The van der Waals surface area contributed by atoms with Crippen LogP contribution in [0.1, 0.15) is 36.3 Å². The van der Waals surface area contributed by atoms with Crippen LogP contribution in [-0.4, -0.2) is 53.4 Å². The first kappa shape index (κ1) is 21.3. The molecule has 1 aromatic heterocycles. The number of hydrogen-bond donors (Lipinski definition) is 3. The van der Waals surface area contributed by atoms with Gasteiger partial charge in [-0.2, -0.15) is 4.98 Å². The molecule has 7 heteroatoms. The number of benzene rings is 2. The fraction of sp³-hybridized carbons (Fsp3) is 0.417. The zero-order chi connectivity index (χ0) is 21.6. The first-order chi connectivity index (χ1) is 15.1. The monoisotopic (exact) mass is 420 g/mol. The summed E-state index contributed by atoms with van der Waals surface area (Å²) >= 11 is 0. The molecular formula is C24H32N6O. The third kappa shape index (κ3) is 5.24. The van der Waals surface area contributed by atoms with Crippen LogP contribution in [0.25, 0.3) is 11.4 Å². The van der Waals surface area contributed by atoms with E-state index in [0.29, 0.717) is 11.9 Å². The molecule has 2 heterocycles. The first-order valence-electron chi connectivity index (χ1n) is 11.0. The standard InChI is InChI=1S/C24H32N6O/c1-17-15-20(25)22(18-9-12-30(13-10-18)11-6-14-31-2)21(16-17)26-24-27-23(28-29-24)19-7-4-3-5-8-19/h3-5,7-8,15-16,18H,6,9-14,25H2,1-2H3,(H2,26,27,28,29). The van der Waals surface area contributed by atoms with E-state index >= 15 is 0 Å². The molecule has 1 aliphatic rings. The van der Waals surface area contributed by atoms with Crippen molar-refractivity contribution < 1.29 is 4.74 Å². The number of nitrogens with zero attached hydrogens (tertiary/aromatic N) is 3. The van der Waals surface area contributed by atoms with Crippen molar-refractivity contribution in [1.29, 1.82) is 0 Å². The van der Waals surface area contributed by atoms with Crippen LogP contribution in [0, 0.1) is 6.92 Å². The average molecular weight is 421 g/mol. The maximum atomic E-state index is 6.52. The lowest BCUT2D eigenvalue weighted by molar-refractivity contribution is 0.157. The number of aromatic nitrogens is 3. The van der Waals surface area contributed by atoms with E-state index < -0.39 is 0 Å². The molecule has 0 amide bonds. The summed E-state index contributed by atoms with van der Waals surface area (Å²) in [7, 11) is 1.76. The van der Waals surface area contributed by atoms with E-state index in [1.165, 1.54) is 5.56 Å². The second-order valence-corrected chi connectivity index (χ2v) is 8.28. The Bertz CT molecular complexity index is 979. The third-order valence-corrected chi connectivity index (χ3v) is 5.95. The number of anilines is 3. The number of rotatable bonds is 8. The number of nitrogens with one attached hydrogen (secondary N) is 2. The molecule has 31 heavy (non-hydrogen) atoms. The van der Waals surface area contributed by atoms with Gasteiger partial charge < -0.3 is 20.7 Å². The van der Waals surface area contributed by atoms with Crippen molar-refractivity contribution in [2.75, 3.05) is 44.4 Å². The smallest absolute Gasteiger partial charge is 0.246 e. The molecule has 0 bridgehead atoms. The van der Waals surface area contributed by atoms with E-state index in [1.54, 1.807) is 7.11 Å². The molecular weight excluding hydrogens is 388 g/mol. The van der Waals surface area contributed by atoms with Gasteiger partial charge in [0.1, 0.15) is 0 Å². The van der Waals surface area contributed by atoms with Crippen LogP contribution in [-0.2, 0) is 4.74 Å². The Hall–Kier alpha value is -2.90. The summed E-state index contributed by atoms with van der Waals surface area (Å²) in [5.74, 6) is 1.73. The summed E-state index contributed by atoms with van der Waals surface area (Å²) in [6, 6.07) is 14.2. The van der Waals surface area contributed by atoms with Crippen molar-refractivity contribution >= 4 is 17.3 Å². The van der Waals surface area contributed by atoms with E-state index in [4.69, 9.17) is 10.5 Å². The van der Waals surface area contributed by atoms with E-state index in [0.717, 1.165) is 73.8 Å². The largest absolute Gasteiger partial charge is 0.398 e. The zero-order valence-corrected chi connectivity index (χ0v) is 18.4. The molecule has 4 N–H and O–H groups in total. The molecule has 3 aromatic rings. The number of piperidine rings is 1. The average Bonchev–Trinajstić information content (AvgIpc) is 3.24. The Kier molecular flexibility index (Phi) is 6.84. The maximum absolute atomic E-state index is 6.52. The van der Waals surface area contributed by atoms with Gasteiger partial charge in [0.25, 0.3) is 0 Å². The summed E-state index contributed by atoms with van der Waals surface area (Å²) < 4.78 is 5.19. The highest BCUT2D eigenvalue weighted by molar-refractivity contribution is 5.70. The Morgan fingerprint density at radius 3 is 2.71 bits per heavy atom. The van der Waals surface area contributed by atoms with E-state index in [9.17, 15) is 0 Å². The maximum Gasteiger partial charge on any atom is 0.246 e. The summed E-state index contributed by atoms with van der Waals surface area (Å²) in [5.41, 5.74) is 11.7. The van der Waals surface area contributed by atoms with E-state index in [1.807, 2.05) is 30.3 Å². The van der Waals surface area contributed by atoms with Crippen LogP contribution < -0.4 is 11.1 Å². The SMILES string of the molecule is COCCCN1CCC(c2c(N)cc(C)cc2Nc2n[nH]c(-c3ccccc3)n2)CC1. The highest BCUT2D eigenvalue weighted by atomic mass is 16.5. The highest BCUT2D eigenvalue weighted by Gasteiger charge is 2.25. The Morgan fingerprint density at radius 1 is 1.19 bits per heavy atom. The molecule has 2 aromatic carbocycles. The number of nitrogens with two attached hydrogens (primary N) is 1. The minimum atomic E-state index is 0.425. The number of methoxy groups -OCH3 is 1. The van der Waals surface area contributed by atoms with Gasteiger partial charge in [-0.1, -0.05) is 30.3 Å². The van der Waals surface area contributed by atoms with Crippen LogP contribution in [0.2, 0.25) is 0 Å². The lowest BCUT2D eigenvalue weighted by Crippen LogP contribution is -2.34. The Morgan fingerprint density at radius 2 is 1.97 bits per heavy atom. The number of H-pyrrole nitrogens is 1. The van der Waals surface area contributed by atoms with Gasteiger partial charge in [0, 0.05) is 42.8 Å². The number of likely N-dealkylation sites (tertiary alicyclic amines) is 1. The Labute approximate surface area is 184 Å². The van der Waals surface area contributed by atoms with E-state index in [2.05, 4.69) is 44.5 Å². The van der Waals surface area contributed by atoms with Gasteiger partial charge >= 0.3 is 0 Å². The minimum absolute atomic E-state index is 0.425. The number of aryl methyl sites for hydroxylation is 1. The lowest BCUT2D eigenvalue weighted by Gasteiger charge is -2.33. The van der Waals surface area contributed by atoms with Crippen LogP contribution in [0.4, 0.5) is 17.3 Å². The van der Waals surface area contributed by atoms with Gasteiger partial charge in [-0.15, -0.1) is 5.10 Å². The van der Waals surface area contributed by atoms with Crippen LogP contribution in [0.3, 0.4) is 0 Å². The zero-order valence-electron chi connectivity index (χ0n) is 18.4. The second-order valence-electron chi connectivity index (χ2n) is 8.28. The fourth-order valence-corrected chi connectivity index (χ4v) is 4.43. The van der Waals surface area contributed by atoms with Crippen LogP contribution in [0.5, 0.6) is 0 Å². The topological polar surface area (TPSA) is 92.1 Å². The minimum Gasteiger partial charge on any atom is -0.398 e. The quantitative estimate of drug-likeness (QED) is 0.371. The summed E-state index contributed by atoms with van der Waals surface area (Å²) in [6.45, 7) is 6.14. The van der Waals surface area contributed by atoms with Crippen molar-refractivity contribution in [3.05, 3.63) is 53.6 Å². The molecule has 0 spiro atoms. The predicted molar refractivity (Wildman–Crippen MR) is 126 cm³/mol. The van der Waals surface area contributed by atoms with Crippen molar-refractivity contribution in [3.8, 4) is 11.4 Å². The molecule has 1 aliphatic heterocycles. The van der Waals surface area contributed by atoms with E-state index in [-0.39, 0.29) is 0 Å². The molecule has 1 saturated heterocycles. The van der Waals surface area contributed by atoms with Gasteiger partial charge in [-0.3, -0.25) is 5.10 Å². The molecule has 4 rings (SSSR count). The van der Waals surface area contributed by atoms with Gasteiger partial charge in [-0.25, -0.2) is 0 Å². The molecule has 0 atom stereocenters. The van der Waals surface area contributed by atoms with Crippen molar-refractivity contribution in [1.82, 2.24) is 20.1 Å². The van der Waals surface area contributed by atoms with Gasteiger partial charge in [0.15, 0.2) is 5.82 Å². The van der Waals surface area contributed by atoms with Crippen molar-refractivity contribution in [2.45, 2.75) is 32.1 Å². The van der Waals surface area contributed by atoms with Crippen molar-refractivity contribution in [2.24, 2.45) is 0 Å². The van der Waals surface area contributed by atoms with Crippen molar-refractivity contribution in [3.63, 3.8) is 0 Å². The molecule has 1 fully saturated rings. The molecule has 7 nitrogen and oxygen atoms in total. The summed E-state index contributed by atoms with van der Waals surface area (Å²) in [6.07, 6.45) is 3.27. The summed E-state index contributed by atoms with van der Waals surface area (Å²) in [4.78, 5) is 7.16. The highest BCUT2D eigenvalue weighted by Crippen LogP contribution is 2.38. The van der Waals surface area contributed by atoms with Crippen LogP contribution >= 0.6 is 0 Å². The number of ether oxygens (including phenoxy) is 1. The lowest BCUT2D eigenvalue weighted by atomic mass is 9.86. The first-order valence-corrected chi connectivity index (χ1v) is 11.0. The second kappa shape index (κ2) is 9.94. The molecule has 164 valence electrons. The third-order valence-electron chi connectivity index (χ3n) is 5.95. The van der Waals surface area contributed by atoms with Gasteiger partial charge in [-0.05, 0) is 62.9 Å².